The molecule has 0 radical (unpaired) electrons. The van der Waals surface area contributed by atoms with Crippen LogP contribution in [0.3, 0.4) is 0 Å². The zero-order chi connectivity index (χ0) is 17.1. The molecule has 1 aliphatic carbocycles. The minimum absolute atomic E-state index is 0.189. The molecule has 1 amide bonds. The number of nitrogens with one attached hydrogen (secondary N) is 1. The summed E-state index contributed by atoms with van der Waals surface area (Å²) < 4.78 is 11.3. The van der Waals surface area contributed by atoms with E-state index in [0.717, 1.165) is 10.9 Å². The summed E-state index contributed by atoms with van der Waals surface area (Å²) in [6.07, 6.45) is 4.67. The van der Waals surface area contributed by atoms with Crippen LogP contribution in [0.15, 0.2) is 53.4 Å². The molecular formula is C20H21NO3S. The molecule has 0 spiro atoms. The number of anilines is 1. The van der Waals surface area contributed by atoms with Gasteiger partial charge in [-0.15, -0.1) is 11.8 Å². The van der Waals surface area contributed by atoms with Crippen molar-refractivity contribution in [2.75, 3.05) is 11.9 Å². The number of hydrogen-bond acceptors (Lipinski definition) is 4. The van der Waals surface area contributed by atoms with Crippen LogP contribution in [-0.2, 0) is 4.79 Å². The molecule has 1 unspecified atom stereocenters. The van der Waals surface area contributed by atoms with Crippen molar-refractivity contribution in [3.8, 4) is 11.5 Å². The highest BCUT2D eigenvalue weighted by molar-refractivity contribution is 8.00. The van der Waals surface area contributed by atoms with Crippen LogP contribution >= 0.6 is 11.8 Å². The van der Waals surface area contributed by atoms with Gasteiger partial charge in [0.2, 0.25) is 6.10 Å². The Balaban J connectivity index is 1.34. The van der Waals surface area contributed by atoms with Crippen molar-refractivity contribution in [1.82, 2.24) is 0 Å². The van der Waals surface area contributed by atoms with Crippen LogP contribution in [-0.4, -0.2) is 23.9 Å². The van der Waals surface area contributed by atoms with E-state index in [2.05, 4.69) is 17.4 Å². The summed E-state index contributed by atoms with van der Waals surface area (Å²) >= 11 is 1.94. The molecule has 1 N–H and O–H groups in total. The Labute approximate surface area is 151 Å². The van der Waals surface area contributed by atoms with Gasteiger partial charge in [-0.3, -0.25) is 4.79 Å². The summed E-state index contributed by atoms with van der Waals surface area (Å²) in [5.74, 6) is 1.10. The first-order valence-electron chi connectivity index (χ1n) is 8.74. The van der Waals surface area contributed by atoms with Crippen molar-refractivity contribution < 1.29 is 14.3 Å². The molecule has 0 saturated heterocycles. The molecule has 4 nitrogen and oxygen atoms in total. The van der Waals surface area contributed by atoms with Crippen molar-refractivity contribution in [1.29, 1.82) is 0 Å². The quantitative estimate of drug-likeness (QED) is 0.877. The Kier molecular flexibility index (Phi) is 4.83. The van der Waals surface area contributed by atoms with Gasteiger partial charge in [0.05, 0.1) is 0 Å². The first-order valence-corrected chi connectivity index (χ1v) is 9.62. The average Bonchev–Trinajstić information content (AvgIpc) is 3.16. The number of para-hydroxylation sites is 2. The average molecular weight is 355 g/mol. The minimum atomic E-state index is -0.637. The first kappa shape index (κ1) is 16.3. The maximum absolute atomic E-state index is 12.4. The maximum atomic E-state index is 12.4. The number of hydrogen-bond donors (Lipinski definition) is 1. The summed E-state index contributed by atoms with van der Waals surface area (Å²) in [6, 6.07) is 15.4. The molecule has 5 heteroatoms. The number of carbonyl (C=O) groups excluding carboxylic acids is 1. The van der Waals surface area contributed by atoms with Gasteiger partial charge in [-0.25, -0.2) is 0 Å². The summed E-state index contributed by atoms with van der Waals surface area (Å²) in [5.41, 5.74) is 0.781. The second kappa shape index (κ2) is 7.40. The molecule has 2 aliphatic rings. The Bertz CT molecular complexity index is 741. The van der Waals surface area contributed by atoms with Crippen molar-refractivity contribution in [2.24, 2.45) is 0 Å². The Morgan fingerprint density at radius 1 is 1.00 bits per heavy atom. The molecule has 25 heavy (non-hydrogen) atoms. The lowest BCUT2D eigenvalue weighted by atomic mass is 10.2. The predicted octanol–water partition coefficient (Wildman–Crippen LogP) is 4.50. The van der Waals surface area contributed by atoms with E-state index in [1.54, 1.807) is 0 Å². The number of amides is 1. The van der Waals surface area contributed by atoms with E-state index in [9.17, 15) is 4.79 Å². The van der Waals surface area contributed by atoms with E-state index >= 15 is 0 Å². The molecule has 2 aromatic carbocycles. The second-order valence-corrected chi connectivity index (χ2v) is 7.78. The van der Waals surface area contributed by atoms with Gasteiger partial charge in [0.15, 0.2) is 11.5 Å². The van der Waals surface area contributed by atoms with Gasteiger partial charge in [0, 0.05) is 15.8 Å². The van der Waals surface area contributed by atoms with Crippen LogP contribution in [0.1, 0.15) is 25.7 Å². The van der Waals surface area contributed by atoms with Crippen molar-refractivity contribution in [3.05, 3.63) is 48.5 Å². The number of carbonyl (C=O) groups is 1. The fourth-order valence-corrected chi connectivity index (χ4v) is 4.43. The highest BCUT2D eigenvalue weighted by Crippen LogP contribution is 2.35. The first-order chi connectivity index (χ1) is 12.3. The van der Waals surface area contributed by atoms with Crippen molar-refractivity contribution >= 4 is 23.4 Å². The lowest BCUT2D eigenvalue weighted by molar-refractivity contribution is -0.125. The van der Waals surface area contributed by atoms with E-state index < -0.39 is 6.10 Å². The molecule has 1 fully saturated rings. The number of rotatable bonds is 4. The highest BCUT2D eigenvalue weighted by atomic mass is 32.2. The van der Waals surface area contributed by atoms with E-state index in [4.69, 9.17) is 9.47 Å². The third kappa shape index (κ3) is 3.93. The topological polar surface area (TPSA) is 47.6 Å². The van der Waals surface area contributed by atoms with Gasteiger partial charge in [0.25, 0.3) is 5.91 Å². The van der Waals surface area contributed by atoms with Gasteiger partial charge in [-0.1, -0.05) is 25.0 Å². The second-order valence-electron chi connectivity index (χ2n) is 6.40. The largest absolute Gasteiger partial charge is 0.485 e. The van der Waals surface area contributed by atoms with Gasteiger partial charge < -0.3 is 14.8 Å². The lowest BCUT2D eigenvalue weighted by Gasteiger charge is -2.25. The Hall–Kier alpha value is -2.14. The predicted molar refractivity (Wildman–Crippen MR) is 99.5 cm³/mol. The fraction of sp³-hybridized carbons (Fsp3) is 0.350. The van der Waals surface area contributed by atoms with Crippen LogP contribution < -0.4 is 14.8 Å². The number of benzene rings is 2. The van der Waals surface area contributed by atoms with Crippen LogP contribution in [0.25, 0.3) is 0 Å². The van der Waals surface area contributed by atoms with Gasteiger partial charge in [-0.2, -0.15) is 0 Å². The van der Waals surface area contributed by atoms with Crippen molar-refractivity contribution in [2.45, 2.75) is 41.9 Å². The van der Waals surface area contributed by atoms with E-state index in [0.29, 0.717) is 11.5 Å². The molecule has 1 atom stereocenters. The molecule has 0 aromatic heterocycles. The number of ether oxygens (including phenoxy) is 2. The highest BCUT2D eigenvalue weighted by Gasteiger charge is 2.27. The molecule has 0 bridgehead atoms. The van der Waals surface area contributed by atoms with Crippen LogP contribution in [0.5, 0.6) is 11.5 Å². The molecule has 2 aromatic rings. The molecular weight excluding hydrogens is 334 g/mol. The molecule has 1 saturated carbocycles. The third-order valence-corrected chi connectivity index (χ3v) is 5.88. The van der Waals surface area contributed by atoms with Crippen LogP contribution in [0.4, 0.5) is 5.69 Å². The zero-order valence-corrected chi connectivity index (χ0v) is 14.8. The van der Waals surface area contributed by atoms with Gasteiger partial charge >= 0.3 is 0 Å². The summed E-state index contributed by atoms with van der Waals surface area (Å²) in [6.45, 7) is 0.221. The van der Waals surface area contributed by atoms with Crippen molar-refractivity contribution in [3.63, 3.8) is 0 Å². The summed E-state index contributed by atoms with van der Waals surface area (Å²) in [7, 11) is 0. The van der Waals surface area contributed by atoms with Crippen LogP contribution in [0, 0.1) is 0 Å². The van der Waals surface area contributed by atoms with E-state index in [-0.39, 0.29) is 12.5 Å². The normalized spacial score (nSPS) is 19.6. The van der Waals surface area contributed by atoms with Crippen LogP contribution in [0.2, 0.25) is 0 Å². The molecule has 1 aliphatic heterocycles. The summed E-state index contributed by atoms with van der Waals surface area (Å²) in [5, 5.41) is 3.65. The van der Waals surface area contributed by atoms with Gasteiger partial charge in [0.1, 0.15) is 6.61 Å². The van der Waals surface area contributed by atoms with Gasteiger partial charge in [-0.05, 0) is 49.2 Å². The monoisotopic (exact) mass is 355 g/mol. The zero-order valence-electron chi connectivity index (χ0n) is 13.9. The standard InChI is InChI=1S/C20H21NO3S/c22-20(19-13-23-17-7-3-4-8-18(17)24-19)21-14-9-11-16(12-10-14)25-15-5-1-2-6-15/h3-4,7-12,15,19H,1-2,5-6,13H2,(H,21,22). The van der Waals surface area contributed by atoms with E-state index in [1.165, 1.54) is 30.6 Å². The molecule has 4 rings (SSSR count). The van der Waals surface area contributed by atoms with E-state index in [1.807, 2.05) is 48.2 Å². The smallest absolute Gasteiger partial charge is 0.269 e. The summed E-state index contributed by atoms with van der Waals surface area (Å²) in [4.78, 5) is 13.7. The Morgan fingerprint density at radius 3 is 2.48 bits per heavy atom. The minimum Gasteiger partial charge on any atom is -0.485 e. The molecule has 1 heterocycles. The third-order valence-electron chi connectivity index (χ3n) is 4.53. The number of fused-ring (bicyclic) bond motifs is 1. The molecule has 130 valence electrons. The fourth-order valence-electron chi connectivity index (χ4n) is 3.19. The Morgan fingerprint density at radius 2 is 1.72 bits per heavy atom. The maximum Gasteiger partial charge on any atom is 0.269 e. The SMILES string of the molecule is O=C(Nc1ccc(SC2CCCC2)cc1)C1COc2ccccc2O1. The lowest BCUT2D eigenvalue weighted by Crippen LogP contribution is -2.40. The number of thioether (sulfide) groups is 1.